The summed E-state index contributed by atoms with van der Waals surface area (Å²) < 4.78 is 15.3. The Morgan fingerprint density at radius 1 is 1.03 bits per heavy atom. The smallest absolute Gasteiger partial charge is 0.494 e. The molecule has 0 saturated heterocycles. The average Bonchev–Trinajstić information content (AvgIpc) is 3.07. The van der Waals surface area contributed by atoms with Gasteiger partial charge < -0.3 is 29.7 Å². The van der Waals surface area contributed by atoms with Crippen LogP contribution in [0, 0.1) is 0 Å². The van der Waals surface area contributed by atoms with E-state index >= 15 is 0 Å². The number of hydrogen-bond acceptors (Lipinski definition) is 6. The Bertz CT molecular complexity index is 646. The second kappa shape index (κ2) is 12.3. The molecule has 0 radical (unpaired) electrons. The van der Waals surface area contributed by atoms with Crippen LogP contribution in [0.1, 0.15) is 70.3 Å². The SMILES string of the molecule is CCCCCCCCOc1ccc(CNC2CCC(OC(=O)O)(OC(=O)O)C2)cc1. The van der Waals surface area contributed by atoms with Crippen LogP contribution in [0.25, 0.3) is 0 Å². The van der Waals surface area contributed by atoms with Crippen LogP contribution in [0.5, 0.6) is 5.75 Å². The number of rotatable bonds is 13. The van der Waals surface area contributed by atoms with Crippen LogP contribution in [0.15, 0.2) is 24.3 Å². The van der Waals surface area contributed by atoms with E-state index in [2.05, 4.69) is 12.2 Å². The van der Waals surface area contributed by atoms with Gasteiger partial charge in [0.15, 0.2) is 0 Å². The minimum atomic E-state index is -1.64. The fourth-order valence-electron chi connectivity index (χ4n) is 3.71. The van der Waals surface area contributed by atoms with Crippen molar-refractivity contribution in [2.45, 2.75) is 83.1 Å². The lowest BCUT2D eigenvalue weighted by Gasteiger charge is -2.26. The van der Waals surface area contributed by atoms with Crippen LogP contribution in [0.3, 0.4) is 0 Å². The van der Waals surface area contributed by atoms with Gasteiger partial charge in [-0.05, 0) is 30.5 Å². The molecule has 2 rings (SSSR count). The third-order valence-electron chi connectivity index (χ3n) is 5.26. The van der Waals surface area contributed by atoms with Crippen molar-refractivity contribution in [3.05, 3.63) is 29.8 Å². The van der Waals surface area contributed by atoms with Crippen LogP contribution in [0.2, 0.25) is 0 Å². The Morgan fingerprint density at radius 3 is 2.30 bits per heavy atom. The predicted octanol–water partition coefficient (Wildman–Crippen LogP) is 5.15. The lowest BCUT2D eigenvalue weighted by molar-refractivity contribution is -0.177. The summed E-state index contributed by atoms with van der Waals surface area (Å²) in [6.07, 6.45) is 5.17. The van der Waals surface area contributed by atoms with Gasteiger partial charge in [0.2, 0.25) is 0 Å². The third-order valence-corrected chi connectivity index (χ3v) is 5.26. The molecule has 1 unspecified atom stereocenters. The molecule has 1 atom stereocenters. The van der Waals surface area contributed by atoms with E-state index in [1.165, 1.54) is 32.1 Å². The molecule has 0 aromatic heterocycles. The summed E-state index contributed by atoms with van der Waals surface area (Å²) in [5.74, 6) is -0.791. The van der Waals surface area contributed by atoms with Crippen molar-refractivity contribution >= 4 is 12.3 Å². The zero-order chi connectivity index (χ0) is 21.8. The zero-order valence-electron chi connectivity index (χ0n) is 17.6. The molecule has 0 amide bonds. The van der Waals surface area contributed by atoms with Crippen molar-refractivity contribution in [3.63, 3.8) is 0 Å². The summed E-state index contributed by atoms with van der Waals surface area (Å²) >= 11 is 0. The maximum absolute atomic E-state index is 10.9. The number of hydrogen-bond donors (Lipinski definition) is 3. The fourth-order valence-corrected chi connectivity index (χ4v) is 3.71. The van der Waals surface area contributed by atoms with Crippen LogP contribution < -0.4 is 10.1 Å². The number of unbranched alkanes of at least 4 members (excludes halogenated alkanes) is 5. The standard InChI is InChI=1S/C22H33NO7/c1-2-3-4-5-6-7-14-28-19-10-8-17(9-11-19)16-23-18-12-13-22(15-18,29-20(24)25)30-21(26)27/h8-11,18,23H,2-7,12-16H2,1H3,(H,24,25)(H,26,27). The Labute approximate surface area is 177 Å². The quantitative estimate of drug-likeness (QED) is 0.227. The Morgan fingerprint density at radius 2 is 1.67 bits per heavy atom. The van der Waals surface area contributed by atoms with Gasteiger partial charge in [0.1, 0.15) is 5.75 Å². The lowest BCUT2D eigenvalue weighted by atomic mass is 10.1. The molecule has 8 nitrogen and oxygen atoms in total. The van der Waals surface area contributed by atoms with Gasteiger partial charge in [0.05, 0.1) is 6.61 Å². The van der Waals surface area contributed by atoms with Crippen LogP contribution in [-0.4, -0.2) is 41.0 Å². The summed E-state index contributed by atoms with van der Waals surface area (Å²) in [6.45, 7) is 3.50. The molecule has 1 aromatic carbocycles. The molecule has 1 aliphatic carbocycles. The fraction of sp³-hybridized carbons (Fsp3) is 0.636. The first kappa shape index (κ1) is 23.8. The summed E-state index contributed by atoms with van der Waals surface area (Å²) in [6, 6.07) is 7.73. The first-order chi connectivity index (χ1) is 14.4. The molecule has 168 valence electrons. The van der Waals surface area contributed by atoms with E-state index in [9.17, 15) is 9.59 Å². The van der Waals surface area contributed by atoms with Gasteiger partial charge in [-0.2, -0.15) is 0 Å². The van der Waals surface area contributed by atoms with E-state index in [1.54, 1.807) is 0 Å². The van der Waals surface area contributed by atoms with Crippen molar-refractivity contribution in [1.82, 2.24) is 5.32 Å². The summed E-state index contributed by atoms with van der Waals surface area (Å²) in [5.41, 5.74) is 1.05. The molecule has 30 heavy (non-hydrogen) atoms. The molecule has 3 N–H and O–H groups in total. The minimum absolute atomic E-state index is 0.104. The van der Waals surface area contributed by atoms with E-state index < -0.39 is 18.1 Å². The van der Waals surface area contributed by atoms with Crippen LogP contribution in [-0.2, 0) is 16.0 Å². The Hall–Kier alpha value is -2.48. The number of ether oxygens (including phenoxy) is 3. The number of carboxylic acid groups (broad SMARTS) is 2. The van der Waals surface area contributed by atoms with Crippen LogP contribution >= 0.6 is 0 Å². The highest BCUT2D eigenvalue weighted by Crippen LogP contribution is 2.35. The molecule has 1 aliphatic rings. The maximum Gasteiger partial charge on any atom is 0.509 e. The van der Waals surface area contributed by atoms with E-state index in [0.29, 0.717) is 13.0 Å². The van der Waals surface area contributed by atoms with Gasteiger partial charge in [0.25, 0.3) is 5.79 Å². The van der Waals surface area contributed by atoms with E-state index in [-0.39, 0.29) is 18.9 Å². The second-order valence-corrected chi connectivity index (χ2v) is 7.73. The Kier molecular flexibility index (Phi) is 9.73. The maximum atomic E-state index is 10.9. The van der Waals surface area contributed by atoms with Gasteiger partial charge in [-0.3, -0.25) is 0 Å². The molecule has 0 spiro atoms. The monoisotopic (exact) mass is 423 g/mol. The van der Waals surface area contributed by atoms with Gasteiger partial charge in [-0.1, -0.05) is 51.2 Å². The first-order valence-electron chi connectivity index (χ1n) is 10.7. The van der Waals surface area contributed by atoms with Crippen molar-refractivity contribution < 1.29 is 34.0 Å². The van der Waals surface area contributed by atoms with Gasteiger partial charge in [-0.25, -0.2) is 9.59 Å². The third kappa shape index (κ3) is 8.49. The van der Waals surface area contributed by atoms with Crippen molar-refractivity contribution in [2.75, 3.05) is 6.61 Å². The summed E-state index contributed by atoms with van der Waals surface area (Å²) in [7, 11) is 0. The molecule has 8 heteroatoms. The summed E-state index contributed by atoms with van der Waals surface area (Å²) in [4.78, 5) is 21.8. The minimum Gasteiger partial charge on any atom is -0.494 e. The molecule has 1 aromatic rings. The van der Waals surface area contributed by atoms with Crippen LogP contribution in [0.4, 0.5) is 9.59 Å². The second-order valence-electron chi connectivity index (χ2n) is 7.73. The highest BCUT2D eigenvalue weighted by atomic mass is 16.8. The average molecular weight is 424 g/mol. The molecular formula is C22H33NO7. The number of carbonyl (C=O) groups is 2. The van der Waals surface area contributed by atoms with E-state index in [0.717, 1.165) is 24.3 Å². The van der Waals surface area contributed by atoms with Gasteiger partial charge in [0, 0.05) is 25.4 Å². The molecular weight excluding hydrogens is 390 g/mol. The largest absolute Gasteiger partial charge is 0.509 e. The highest BCUT2D eigenvalue weighted by Gasteiger charge is 2.46. The predicted molar refractivity (Wildman–Crippen MR) is 111 cm³/mol. The topological polar surface area (TPSA) is 114 Å². The Balaban J connectivity index is 1.71. The van der Waals surface area contributed by atoms with Crippen molar-refractivity contribution in [3.8, 4) is 5.75 Å². The molecule has 1 saturated carbocycles. The van der Waals surface area contributed by atoms with Gasteiger partial charge >= 0.3 is 12.3 Å². The highest BCUT2D eigenvalue weighted by molar-refractivity contribution is 5.60. The molecule has 0 heterocycles. The number of nitrogens with one attached hydrogen (secondary N) is 1. The van der Waals surface area contributed by atoms with E-state index in [4.69, 9.17) is 24.4 Å². The first-order valence-corrected chi connectivity index (χ1v) is 10.7. The zero-order valence-corrected chi connectivity index (χ0v) is 17.6. The summed E-state index contributed by atoms with van der Waals surface area (Å²) in [5, 5.41) is 21.0. The lowest BCUT2D eigenvalue weighted by Crippen LogP contribution is -2.39. The normalized spacial score (nSPS) is 17.4. The van der Waals surface area contributed by atoms with E-state index in [1.807, 2.05) is 24.3 Å². The van der Waals surface area contributed by atoms with Gasteiger partial charge in [-0.15, -0.1) is 0 Å². The number of benzene rings is 1. The molecule has 0 bridgehead atoms. The molecule has 0 aliphatic heterocycles. The van der Waals surface area contributed by atoms with Crippen molar-refractivity contribution in [1.29, 1.82) is 0 Å². The van der Waals surface area contributed by atoms with Crippen molar-refractivity contribution in [2.24, 2.45) is 0 Å². The molecule has 1 fully saturated rings.